The van der Waals surface area contributed by atoms with E-state index in [1.54, 1.807) is 36.4 Å². The third-order valence-corrected chi connectivity index (χ3v) is 5.81. The van der Waals surface area contributed by atoms with Gasteiger partial charge in [-0.3, -0.25) is 4.79 Å². The molecule has 1 aliphatic rings. The summed E-state index contributed by atoms with van der Waals surface area (Å²) < 4.78 is 21.4. The van der Waals surface area contributed by atoms with E-state index in [0.29, 0.717) is 43.1 Å². The van der Waals surface area contributed by atoms with Gasteiger partial charge in [-0.05, 0) is 39.8 Å². The number of nitrogens with zero attached hydrogens (tertiary/aromatic N) is 4. The van der Waals surface area contributed by atoms with E-state index in [4.69, 9.17) is 15.9 Å². The Labute approximate surface area is 208 Å². The average molecular weight is 496 g/mol. The van der Waals surface area contributed by atoms with Gasteiger partial charge < -0.3 is 35.4 Å². The van der Waals surface area contributed by atoms with Crippen LogP contribution in [0.1, 0.15) is 42.4 Å². The van der Waals surface area contributed by atoms with Crippen molar-refractivity contribution in [3.8, 4) is 0 Å². The van der Waals surface area contributed by atoms with E-state index in [0.717, 1.165) is 6.21 Å². The zero-order valence-electron chi connectivity index (χ0n) is 20.8. The number of amides is 2. The van der Waals surface area contributed by atoms with Crippen molar-refractivity contribution in [1.82, 2.24) is 14.3 Å². The summed E-state index contributed by atoms with van der Waals surface area (Å²) in [5.74, 6) is -1.08. The van der Waals surface area contributed by atoms with E-state index in [1.807, 2.05) is 25.7 Å². The first-order chi connectivity index (χ1) is 17.0. The monoisotopic (exact) mass is 495 g/mol. The Balaban J connectivity index is 1.50. The minimum atomic E-state index is -0.568. The SMILES string of the molecule is Cc1cn2cc(NC(=O)c3ccc(N4CCN(C(=O)OC(C)(C)C)CC4)c(C=N)c3N)cc(F)c2n1. The van der Waals surface area contributed by atoms with Gasteiger partial charge in [0.05, 0.1) is 22.6 Å². The maximum absolute atomic E-state index is 14.4. The molecule has 3 heterocycles. The first-order valence-corrected chi connectivity index (χ1v) is 11.6. The summed E-state index contributed by atoms with van der Waals surface area (Å²) in [7, 11) is 0. The lowest BCUT2D eigenvalue weighted by Gasteiger charge is -2.37. The number of halogens is 1. The van der Waals surface area contributed by atoms with Crippen LogP contribution in [-0.2, 0) is 4.74 Å². The van der Waals surface area contributed by atoms with Crippen LogP contribution >= 0.6 is 0 Å². The molecule has 2 aromatic heterocycles. The van der Waals surface area contributed by atoms with Crippen molar-refractivity contribution in [2.24, 2.45) is 0 Å². The van der Waals surface area contributed by atoms with Crippen LogP contribution in [-0.4, -0.2) is 64.3 Å². The largest absolute Gasteiger partial charge is 0.444 e. The van der Waals surface area contributed by atoms with Gasteiger partial charge in [-0.15, -0.1) is 0 Å². The zero-order chi connectivity index (χ0) is 26.2. The third-order valence-electron chi connectivity index (χ3n) is 5.81. The minimum Gasteiger partial charge on any atom is -0.444 e. The number of carbonyl (C=O) groups is 2. The first kappa shape index (κ1) is 25.0. The van der Waals surface area contributed by atoms with E-state index < -0.39 is 17.3 Å². The highest BCUT2D eigenvalue weighted by atomic mass is 19.1. The lowest BCUT2D eigenvalue weighted by atomic mass is 10.0. The predicted molar refractivity (Wildman–Crippen MR) is 137 cm³/mol. The lowest BCUT2D eigenvalue weighted by molar-refractivity contribution is 0.0240. The van der Waals surface area contributed by atoms with Gasteiger partial charge in [0.15, 0.2) is 11.5 Å². The Kier molecular flexibility index (Phi) is 6.57. The highest BCUT2D eigenvalue weighted by Gasteiger charge is 2.27. The van der Waals surface area contributed by atoms with E-state index in [9.17, 15) is 14.0 Å². The standard InChI is InChI=1S/C25H30FN7O3/c1-15-13-33-14-16(11-19(26)22(33)29-15)30-23(34)17-5-6-20(18(12-27)21(17)28)31-7-9-32(10-8-31)24(35)36-25(2,3)4/h5-6,11-14,27H,7-10,28H2,1-4H3,(H,30,34). The molecule has 0 radical (unpaired) electrons. The molecule has 4 N–H and O–H groups in total. The molecule has 36 heavy (non-hydrogen) atoms. The normalized spacial score (nSPS) is 14.1. The second-order valence-corrected chi connectivity index (χ2v) is 9.70. The molecule has 2 amide bonds. The number of nitrogens with one attached hydrogen (secondary N) is 2. The summed E-state index contributed by atoms with van der Waals surface area (Å²) in [5, 5.41) is 10.6. The summed E-state index contributed by atoms with van der Waals surface area (Å²) in [6.45, 7) is 9.18. The van der Waals surface area contributed by atoms with Crippen LogP contribution in [0.2, 0.25) is 0 Å². The quantitative estimate of drug-likeness (QED) is 0.374. The van der Waals surface area contributed by atoms with Crippen LogP contribution < -0.4 is 16.0 Å². The van der Waals surface area contributed by atoms with Crippen LogP contribution in [0.5, 0.6) is 0 Å². The van der Waals surface area contributed by atoms with Crippen LogP contribution in [0.4, 0.5) is 26.2 Å². The fourth-order valence-corrected chi connectivity index (χ4v) is 4.15. The number of benzene rings is 1. The highest BCUT2D eigenvalue weighted by molar-refractivity contribution is 6.11. The van der Waals surface area contributed by atoms with E-state index >= 15 is 0 Å². The number of ether oxygens (including phenoxy) is 1. The summed E-state index contributed by atoms with van der Waals surface area (Å²) >= 11 is 0. The molecule has 0 unspecified atom stereocenters. The topological polar surface area (TPSA) is 129 Å². The van der Waals surface area contributed by atoms with Crippen LogP contribution in [0, 0.1) is 18.2 Å². The van der Waals surface area contributed by atoms with Crippen molar-refractivity contribution in [1.29, 1.82) is 5.41 Å². The predicted octanol–water partition coefficient (Wildman–Crippen LogP) is 3.67. The molecule has 11 heteroatoms. The van der Waals surface area contributed by atoms with Gasteiger partial charge in [-0.2, -0.15) is 0 Å². The second-order valence-electron chi connectivity index (χ2n) is 9.70. The van der Waals surface area contributed by atoms with E-state index in [1.165, 1.54) is 10.5 Å². The first-order valence-electron chi connectivity index (χ1n) is 11.6. The summed E-state index contributed by atoms with van der Waals surface area (Å²) in [5.41, 5.74) is 8.24. The molecule has 1 aromatic carbocycles. The maximum Gasteiger partial charge on any atom is 0.410 e. The van der Waals surface area contributed by atoms with E-state index in [-0.39, 0.29) is 28.7 Å². The number of aromatic nitrogens is 2. The summed E-state index contributed by atoms with van der Waals surface area (Å²) in [6.07, 6.45) is 3.98. The smallest absolute Gasteiger partial charge is 0.410 e. The molecule has 0 bridgehead atoms. The molecule has 3 aromatic rings. The van der Waals surface area contributed by atoms with Crippen LogP contribution in [0.25, 0.3) is 5.65 Å². The molecule has 1 fully saturated rings. The fourth-order valence-electron chi connectivity index (χ4n) is 4.15. The Morgan fingerprint density at radius 1 is 1.19 bits per heavy atom. The van der Waals surface area contributed by atoms with Crippen LogP contribution in [0.3, 0.4) is 0 Å². The Morgan fingerprint density at radius 2 is 1.89 bits per heavy atom. The van der Waals surface area contributed by atoms with Gasteiger partial charge in [0.2, 0.25) is 0 Å². The number of nitrogens with two attached hydrogens (primary N) is 1. The molecular weight excluding hydrogens is 465 g/mol. The number of pyridine rings is 1. The van der Waals surface area contributed by atoms with Crippen molar-refractivity contribution < 1.29 is 18.7 Å². The van der Waals surface area contributed by atoms with Gasteiger partial charge in [0.25, 0.3) is 5.91 Å². The van der Waals surface area contributed by atoms with Crippen molar-refractivity contribution in [2.45, 2.75) is 33.3 Å². The van der Waals surface area contributed by atoms with Gasteiger partial charge in [-0.1, -0.05) is 0 Å². The molecule has 0 aliphatic carbocycles. The lowest BCUT2D eigenvalue weighted by Crippen LogP contribution is -2.50. The minimum absolute atomic E-state index is 0.148. The highest BCUT2D eigenvalue weighted by Crippen LogP contribution is 2.29. The van der Waals surface area contributed by atoms with Gasteiger partial charge >= 0.3 is 6.09 Å². The summed E-state index contributed by atoms with van der Waals surface area (Å²) in [6, 6.07) is 4.52. The number of carbonyl (C=O) groups excluding carboxylic acids is 2. The molecule has 1 saturated heterocycles. The van der Waals surface area contributed by atoms with Crippen molar-refractivity contribution >= 4 is 40.9 Å². The molecule has 0 spiro atoms. The molecule has 4 rings (SSSR count). The number of hydrogen-bond acceptors (Lipinski definition) is 7. The molecule has 1 aliphatic heterocycles. The number of imidazole rings is 1. The summed E-state index contributed by atoms with van der Waals surface area (Å²) in [4.78, 5) is 33.1. The number of piperazine rings is 1. The second kappa shape index (κ2) is 9.48. The number of aryl methyl sites for hydroxylation is 1. The number of anilines is 3. The third kappa shape index (κ3) is 5.09. The van der Waals surface area contributed by atoms with Gasteiger partial charge in [0.1, 0.15) is 5.60 Å². The number of fused-ring (bicyclic) bond motifs is 1. The number of nitrogen functional groups attached to an aromatic ring is 1. The van der Waals surface area contributed by atoms with Gasteiger partial charge in [0, 0.05) is 62.1 Å². The zero-order valence-corrected chi connectivity index (χ0v) is 20.8. The maximum atomic E-state index is 14.4. The number of rotatable bonds is 4. The Bertz CT molecular complexity index is 1340. The molecular formula is C25H30FN7O3. The average Bonchev–Trinajstić information content (AvgIpc) is 3.18. The van der Waals surface area contributed by atoms with Gasteiger partial charge in [-0.25, -0.2) is 14.2 Å². The fraction of sp³-hybridized carbons (Fsp3) is 0.360. The number of hydrogen-bond donors (Lipinski definition) is 3. The van der Waals surface area contributed by atoms with Crippen molar-refractivity contribution in [2.75, 3.05) is 42.1 Å². The molecule has 10 nitrogen and oxygen atoms in total. The Hall–Kier alpha value is -4.15. The molecule has 190 valence electrons. The Morgan fingerprint density at radius 3 is 2.53 bits per heavy atom. The van der Waals surface area contributed by atoms with Crippen molar-refractivity contribution in [3.63, 3.8) is 0 Å². The van der Waals surface area contributed by atoms with E-state index in [2.05, 4.69) is 10.3 Å². The van der Waals surface area contributed by atoms with Crippen molar-refractivity contribution in [3.05, 3.63) is 53.2 Å². The van der Waals surface area contributed by atoms with Crippen LogP contribution in [0.15, 0.2) is 30.6 Å². The molecule has 0 atom stereocenters. The molecule has 0 saturated carbocycles.